The Morgan fingerprint density at radius 2 is 2.21 bits per heavy atom. The minimum Gasteiger partial charge on any atom is -0.381 e. The second-order valence-corrected chi connectivity index (χ2v) is 4.64. The van der Waals surface area contributed by atoms with Crippen molar-refractivity contribution in [3.8, 4) is 0 Å². The number of nitro groups is 1. The Hall–Kier alpha value is -1.69. The molecule has 1 rings (SSSR count). The molecular formula is C13H19FN2O3. The summed E-state index contributed by atoms with van der Waals surface area (Å²) in [5.41, 5.74) is -0.306. The number of hydrogen-bond acceptors (Lipinski definition) is 4. The van der Waals surface area contributed by atoms with Crippen LogP contribution >= 0.6 is 0 Å². The molecule has 0 unspecified atom stereocenters. The van der Waals surface area contributed by atoms with Gasteiger partial charge in [-0.15, -0.1) is 0 Å². The van der Waals surface area contributed by atoms with Crippen molar-refractivity contribution in [3.63, 3.8) is 0 Å². The van der Waals surface area contributed by atoms with Gasteiger partial charge in [0.15, 0.2) is 0 Å². The van der Waals surface area contributed by atoms with Crippen molar-refractivity contribution in [1.29, 1.82) is 0 Å². The second kappa shape index (κ2) is 7.68. The van der Waals surface area contributed by atoms with E-state index < -0.39 is 16.4 Å². The van der Waals surface area contributed by atoms with Crippen LogP contribution in [0.1, 0.15) is 20.3 Å². The van der Waals surface area contributed by atoms with Crippen molar-refractivity contribution in [2.24, 2.45) is 5.92 Å². The Morgan fingerprint density at radius 1 is 1.47 bits per heavy atom. The lowest BCUT2D eigenvalue weighted by Crippen LogP contribution is -2.10. The van der Waals surface area contributed by atoms with Gasteiger partial charge < -0.3 is 10.1 Å². The zero-order valence-electron chi connectivity index (χ0n) is 11.2. The molecule has 0 aliphatic carbocycles. The maximum absolute atomic E-state index is 13.3. The molecule has 6 heteroatoms. The maximum atomic E-state index is 13.3. The van der Waals surface area contributed by atoms with Crippen molar-refractivity contribution in [2.45, 2.75) is 20.3 Å². The lowest BCUT2D eigenvalue weighted by atomic mass is 10.2. The van der Waals surface area contributed by atoms with Gasteiger partial charge in [-0.05, 0) is 24.5 Å². The predicted molar refractivity (Wildman–Crippen MR) is 71.8 cm³/mol. The van der Waals surface area contributed by atoms with Crippen LogP contribution in [0.5, 0.6) is 0 Å². The van der Waals surface area contributed by atoms with Crippen molar-refractivity contribution in [2.75, 3.05) is 25.1 Å². The summed E-state index contributed by atoms with van der Waals surface area (Å²) < 4.78 is 18.7. The van der Waals surface area contributed by atoms with E-state index in [1.54, 1.807) is 0 Å². The summed E-state index contributed by atoms with van der Waals surface area (Å²) in [7, 11) is 0. The molecule has 1 aromatic carbocycles. The SMILES string of the molecule is CC(C)COCCCNc1cccc(F)c1[N+](=O)[O-]. The van der Waals surface area contributed by atoms with E-state index in [2.05, 4.69) is 19.2 Å². The van der Waals surface area contributed by atoms with Gasteiger partial charge in [0.2, 0.25) is 5.82 Å². The number of para-hydroxylation sites is 1. The first-order chi connectivity index (χ1) is 9.02. The van der Waals surface area contributed by atoms with Gasteiger partial charge >= 0.3 is 5.69 Å². The minimum atomic E-state index is -0.828. The molecule has 0 saturated carbocycles. The van der Waals surface area contributed by atoms with Gasteiger partial charge in [-0.25, -0.2) is 0 Å². The quantitative estimate of drug-likeness (QED) is 0.447. The van der Waals surface area contributed by atoms with E-state index in [4.69, 9.17) is 4.74 Å². The van der Waals surface area contributed by atoms with E-state index in [1.165, 1.54) is 12.1 Å². The molecule has 0 radical (unpaired) electrons. The molecule has 0 atom stereocenters. The van der Waals surface area contributed by atoms with Gasteiger partial charge in [-0.3, -0.25) is 10.1 Å². The smallest absolute Gasteiger partial charge is 0.327 e. The van der Waals surface area contributed by atoms with Gasteiger partial charge in [-0.2, -0.15) is 4.39 Å². The first kappa shape index (κ1) is 15.4. The van der Waals surface area contributed by atoms with Crippen LogP contribution in [0.2, 0.25) is 0 Å². The summed E-state index contributed by atoms with van der Waals surface area (Å²) in [5, 5.41) is 13.6. The van der Waals surface area contributed by atoms with E-state index >= 15 is 0 Å². The fourth-order valence-corrected chi connectivity index (χ4v) is 1.56. The van der Waals surface area contributed by atoms with Crippen molar-refractivity contribution >= 4 is 11.4 Å². The molecule has 0 fully saturated rings. The Kier molecular flexibility index (Phi) is 6.21. The molecule has 0 heterocycles. The molecule has 0 bridgehead atoms. The molecule has 19 heavy (non-hydrogen) atoms. The third-order valence-electron chi connectivity index (χ3n) is 2.40. The number of anilines is 1. The summed E-state index contributed by atoms with van der Waals surface area (Å²) in [6.07, 6.45) is 0.709. The lowest BCUT2D eigenvalue weighted by molar-refractivity contribution is -0.386. The highest BCUT2D eigenvalue weighted by Crippen LogP contribution is 2.26. The summed E-state index contributed by atoms with van der Waals surface area (Å²) in [4.78, 5) is 10.0. The minimum absolute atomic E-state index is 0.203. The fourth-order valence-electron chi connectivity index (χ4n) is 1.56. The van der Waals surface area contributed by atoms with E-state index in [9.17, 15) is 14.5 Å². The average Bonchev–Trinajstić information content (AvgIpc) is 2.32. The zero-order chi connectivity index (χ0) is 14.3. The van der Waals surface area contributed by atoms with Gasteiger partial charge in [-0.1, -0.05) is 19.9 Å². The largest absolute Gasteiger partial charge is 0.381 e. The molecule has 0 aliphatic rings. The van der Waals surface area contributed by atoms with Crippen LogP contribution in [-0.2, 0) is 4.74 Å². The number of nitrogens with zero attached hydrogens (tertiary/aromatic N) is 1. The number of rotatable bonds is 8. The molecular weight excluding hydrogens is 251 g/mol. The zero-order valence-corrected chi connectivity index (χ0v) is 11.2. The third-order valence-corrected chi connectivity index (χ3v) is 2.40. The first-order valence-corrected chi connectivity index (χ1v) is 6.27. The van der Waals surface area contributed by atoms with Crippen LogP contribution in [0.4, 0.5) is 15.8 Å². The molecule has 0 aliphatic heterocycles. The number of benzene rings is 1. The Balaban J connectivity index is 2.41. The van der Waals surface area contributed by atoms with Crippen LogP contribution in [0.25, 0.3) is 0 Å². The number of hydrogen-bond donors (Lipinski definition) is 1. The highest BCUT2D eigenvalue weighted by atomic mass is 19.1. The topological polar surface area (TPSA) is 64.4 Å². The average molecular weight is 270 g/mol. The van der Waals surface area contributed by atoms with Crippen LogP contribution in [0.3, 0.4) is 0 Å². The lowest BCUT2D eigenvalue weighted by Gasteiger charge is -2.09. The molecule has 0 aromatic heterocycles. The Morgan fingerprint density at radius 3 is 2.84 bits per heavy atom. The molecule has 0 amide bonds. The van der Waals surface area contributed by atoms with Gasteiger partial charge in [0.25, 0.3) is 0 Å². The van der Waals surface area contributed by atoms with Crippen molar-refractivity contribution < 1.29 is 14.1 Å². The summed E-state index contributed by atoms with van der Waals surface area (Å²) in [6.45, 7) is 5.90. The number of halogens is 1. The number of ether oxygens (including phenoxy) is 1. The van der Waals surface area contributed by atoms with E-state index in [0.717, 1.165) is 6.07 Å². The first-order valence-electron chi connectivity index (χ1n) is 6.27. The fraction of sp³-hybridized carbons (Fsp3) is 0.538. The highest BCUT2D eigenvalue weighted by Gasteiger charge is 2.19. The highest BCUT2D eigenvalue weighted by molar-refractivity contribution is 5.61. The normalized spacial score (nSPS) is 10.7. The molecule has 1 aromatic rings. The monoisotopic (exact) mass is 270 g/mol. The van der Waals surface area contributed by atoms with Crippen LogP contribution in [0.15, 0.2) is 18.2 Å². The summed E-state index contributed by atoms with van der Waals surface area (Å²) in [6, 6.07) is 4.02. The number of nitrogens with one attached hydrogen (secondary N) is 1. The molecule has 0 saturated heterocycles. The van der Waals surface area contributed by atoms with Crippen LogP contribution in [-0.4, -0.2) is 24.7 Å². The second-order valence-electron chi connectivity index (χ2n) is 4.64. The van der Waals surface area contributed by atoms with E-state index in [-0.39, 0.29) is 5.69 Å². The number of nitro benzene ring substituents is 1. The molecule has 0 spiro atoms. The summed E-state index contributed by atoms with van der Waals surface area (Å²) in [5.74, 6) is -0.344. The Labute approximate surface area is 111 Å². The van der Waals surface area contributed by atoms with Crippen LogP contribution in [0, 0.1) is 21.8 Å². The van der Waals surface area contributed by atoms with E-state index in [0.29, 0.717) is 32.1 Å². The van der Waals surface area contributed by atoms with Crippen molar-refractivity contribution in [1.82, 2.24) is 0 Å². The molecule has 1 N–H and O–H groups in total. The van der Waals surface area contributed by atoms with E-state index in [1.807, 2.05) is 0 Å². The third kappa shape index (κ3) is 5.21. The maximum Gasteiger partial charge on any atom is 0.327 e. The van der Waals surface area contributed by atoms with Crippen molar-refractivity contribution in [3.05, 3.63) is 34.1 Å². The molecule has 106 valence electrons. The Bertz CT molecular complexity index is 424. The standard InChI is InChI=1S/C13H19FN2O3/c1-10(2)9-19-8-4-7-15-12-6-3-5-11(14)13(12)16(17)18/h3,5-6,10,15H,4,7-9H2,1-2H3. The molecule has 5 nitrogen and oxygen atoms in total. The van der Waals surface area contributed by atoms with Gasteiger partial charge in [0, 0.05) is 19.8 Å². The predicted octanol–water partition coefficient (Wildman–Crippen LogP) is 3.21. The van der Waals surface area contributed by atoms with Gasteiger partial charge in [0.1, 0.15) is 5.69 Å². The summed E-state index contributed by atoms with van der Waals surface area (Å²) >= 11 is 0. The van der Waals surface area contributed by atoms with Gasteiger partial charge in [0.05, 0.1) is 4.92 Å². The van der Waals surface area contributed by atoms with Crippen LogP contribution < -0.4 is 5.32 Å².